The second kappa shape index (κ2) is 4.72. The van der Waals surface area contributed by atoms with E-state index >= 15 is 0 Å². The van der Waals surface area contributed by atoms with Crippen LogP contribution in [0, 0.1) is 0 Å². The van der Waals surface area contributed by atoms with Gasteiger partial charge in [0.15, 0.2) is 0 Å². The van der Waals surface area contributed by atoms with Crippen LogP contribution < -0.4 is 4.72 Å². The lowest BCUT2D eigenvalue weighted by atomic mass is 9.78. The summed E-state index contributed by atoms with van der Waals surface area (Å²) in [7, 11) is -1.05. The van der Waals surface area contributed by atoms with Crippen LogP contribution >= 0.6 is 27.3 Å². The van der Waals surface area contributed by atoms with Gasteiger partial charge in [0, 0.05) is 0 Å². The van der Waals surface area contributed by atoms with E-state index in [-0.39, 0.29) is 10.3 Å². The van der Waals surface area contributed by atoms with Crippen molar-refractivity contribution in [3.63, 3.8) is 0 Å². The van der Waals surface area contributed by atoms with Gasteiger partial charge >= 0.3 is 0 Å². The third-order valence-electron chi connectivity index (χ3n) is 2.94. The average molecular weight is 337 g/mol. The van der Waals surface area contributed by atoms with E-state index in [1.165, 1.54) is 6.42 Å². The topological polar surface area (TPSA) is 42.0 Å². The number of hydrogen-bond donors (Lipinski definition) is 1. The van der Waals surface area contributed by atoms with Gasteiger partial charge in [-0.05, 0) is 56.0 Å². The van der Waals surface area contributed by atoms with E-state index in [1.807, 2.05) is 27.0 Å². The monoisotopic (exact) mass is 336 g/mol. The van der Waals surface area contributed by atoms with E-state index in [2.05, 4.69) is 25.6 Å². The highest BCUT2D eigenvalue weighted by Gasteiger charge is 2.44. The van der Waals surface area contributed by atoms with E-state index in [4.69, 9.17) is 0 Å². The Morgan fingerprint density at radius 3 is 2.53 bits per heavy atom. The molecular formula is C11H17BrN2OS2. The highest BCUT2D eigenvalue weighted by atomic mass is 79.9. The Bertz CT molecular complexity index is 435. The highest BCUT2D eigenvalue weighted by molar-refractivity contribution is 9.11. The van der Waals surface area contributed by atoms with Crippen molar-refractivity contribution in [1.82, 2.24) is 9.71 Å². The molecule has 1 aliphatic rings. The van der Waals surface area contributed by atoms with E-state index in [1.54, 1.807) is 11.3 Å². The van der Waals surface area contributed by atoms with Crippen LogP contribution in [0.4, 0.5) is 0 Å². The summed E-state index contributed by atoms with van der Waals surface area (Å²) in [5.74, 6) is 0. The van der Waals surface area contributed by atoms with E-state index in [0.717, 1.165) is 21.6 Å². The fourth-order valence-electron chi connectivity index (χ4n) is 1.70. The molecule has 6 heteroatoms. The van der Waals surface area contributed by atoms with Gasteiger partial charge in [0.1, 0.15) is 5.01 Å². The highest BCUT2D eigenvalue weighted by Crippen LogP contribution is 2.44. The third kappa shape index (κ3) is 2.80. The molecule has 1 atom stereocenters. The zero-order valence-corrected chi connectivity index (χ0v) is 13.5. The molecule has 3 nitrogen and oxygen atoms in total. The molecule has 1 fully saturated rings. The van der Waals surface area contributed by atoms with Crippen LogP contribution in [-0.4, -0.2) is 13.9 Å². The molecule has 0 amide bonds. The zero-order chi connectivity index (χ0) is 12.7. The van der Waals surface area contributed by atoms with E-state index in [9.17, 15) is 4.21 Å². The first-order valence-corrected chi connectivity index (χ1v) is 8.41. The lowest BCUT2D eigenvalue weighted by Gasteiger charge is -2.41. The van der Waals surface area contributed by atoms with Gasteiger partial charge in [0.25, 0.3) is 0 Å². The maximum absolute atomic E-state index is 12.2. The summed E-state index contributed by atoms with van der Waals surface area (Å²) in [6, 6.07) is 0. The van der Waals surface area contributed by atoms with Gasteiger partial charge in [0.2, 0.25) is 0 Å². The maximum Gasteiger partial charge on any atom is 0.115 e. The molecule has 1 unspecified atom stereocenters. The largest absolute Gasteiger partial charge is 0.246 e. The van der Waals surface area contributed by atoms with Gasteiger partial charge in [0.05, 0.1) is 31.3 Å². The van der Waals surface area contributed by atoms with Crippen LogP contribution in [0.15, 0.2) is 9.98 Å². The van der Waals surface area contributed by atoms with Crippen molar-refractivity contribution in [2.24, 2.45) is 0 Å². The van der Waals surface area contributed by atoms with Crippen LogP contribution in [0.5, 0.6) is 0 Å². The first kappa shape index (κ1) is 13.6. The number of thiazole rings is 1. The molecule has 1 saturated carbocycles. The molecule has 96 valence electrons. The minimum absolute atomic E-state index is 0.158. The molecule has 1 aromatic rings. The summed E-state index contributed by atoms with van der Waals surface area (Å²) in [5, 5.41) is 1.05. The second-order valence-electron chi connectivity index (χ2n) is 5.39. The van der Waals surface area contributed by atoms with Gasteiger partial charge in [-0.2, -0.15) is 0 Å². The van der Waals surface area contributed by atoms with E-state index in [0.29, 0.717) is 0 Å². The van der Waals surface area contributed by atoms with Crippen LogP contribution in [0.25, 0.3) is 0 Å². The van der Waals surface area contributed by atoms with Crippen molar-refractivity contribution >= 4 is 38.3 Å². The smallest absolute Gasteiger partial charge is 0.115 e. The Balaban J connectivity index is 2.19. The minimum Gasteiger partial charge on any atom is -0.246 e. The summed E-state index contributed by atoms with van der Waals surface area (Å²) in [5.41, 5.74) is -0.158. The lowest BCUT2D eigenvalue weighted by molar-refractivity contribution is 0.226. The molecule has 17 heavy (non-hydrogen) atoms. The fraction of sp³-hybridized carbons (Fsp3) is 0.727. The summed E-state index contributed by atoms with van der Waals surface area (Å²) in [6.45, 7) is 5.96. The summed E-state index contributed by atoms with van der Waals surface area (Å²) in [6.07, 6.45) is 5.04. The Kier molecular flexibility index (Phi) is 3.79. The van der Waals surface area contributed by atoms with Crippen molar-refractivity contribution in [2.75, 3.05) is 0 Å². The summed E-state index contributed by atoms with van der Waals surface area (Å²) < 4.78 is 16.3. The van der Waals surface area contributed by atoms with Crippen LogP contribution in [0.2, 0.25) is 0 Å². The predicted molar refractivity (Wildman–Crippen MR) is 76.4 cm³/mol. The number of hydrogen-bond acceptors (Lipinski definition) is 3. The van der Waals surface area contributed by atoms with Crippen LogP contribution in [-0.2, 0) is 16.5 Å². The number of aromatic nitrogens is 1. The Morgan fingerprint density at radius 1 is 1.53 bits per heavy atom. The third-order valence-corrected chi connectivity index (χ3v) is 6.31. The molecule has 0 spiro atoms. The van der Waals surface area contributed by atoms with Gasteiger partial charge < -0.3 is 0 Å². The molecule has 0 saturated heterocycles. The van der Waals surface area contributed by atoms with Crippen molar-refractivity contribution < 1.29 is 4.21 Å². The van der Waals surface area contributed by atoms with Gasteiger partial charge in [-0.1, -0.05) is 0 Å². The zero-order valence-electron chi connectivity index (χ0n) is 10.2. The molecule has 0 aromatic carbocycles. The molecule has 1 N–H and O–H groups in total. The molecule has 1 aromatic heterocycles. The van der Waals surface area contributed by atoms with Crippen LogP contribution in [0.1, 0.15) is 45.0 Å². The first-order chi connectivity index (χ1) is 7.83. The molecule has 0 radical (unpaired) electrons. The number of rotatable bonds is 3. The molecule has 1 heterocycles. The Labute approximate surface area is 117 Å². The van der Waals surface area contributed by atoms with Crippen molar-refractivity contribution in [2.45, 2.75) is 50.3 Å². The Hall–Kier alpha value is 0.220. The minimum atomic E-state index is -1.05. The van der Waals surface area contributed by atoms with Gasteiger partial charge in [-0.15, -0.1) is 11.3 Å². The molecule has 2 rings (SSSR count). The number of nitrogens with one attached hydrogen (secondary N) is 1. The maximum atomic E-state index is 12.2. The molecule has 0 bridgehead atoms. The molecule has 0 aliphatic heterocycles. The number of halogens is 1. The predicted octanol–water partition coefficient (Wildman–Crippen LogP) is 3.34. The normalized spacial score (nSPS) is 20.9. The lowest BCUT2D eigenvalue weighted by Crippen LogP contribution is -2.52. The first-order valence-electron chi connectivity index (χ1n) is 5.65. The summed E-state index contributed by atoms with van der Waals surface area (Å²) in [4.78, 5) is 4.42. The van der Waals surface area contributed by atoms with Crippen molar-refractivity contribution in [1.29, 1.82) is 0 Å². The van der Waals surface area contributed by atoms with Gasteiger partial charge in [-0.25, -0.2) is 13.9 Å². The van der Waals surface area contributed by atoms with E-state index < -0.39 is 11.0 Å². The Morgan fingerprint density at radius 2 is 2.18 bits per heavy atom. The fourth-order valence-corrected chi connectivity index (χ4v) is 4.13. The van der Waals surface area contributed by atoms with Crippen molar-refractivity contribution in [3.05, 3.63) is 15.0 Å². The van der Waals surface area contributed by atoms with Crippen molar-refractivity contribution in [3.8, 4) is 0 Å². The summed E-state index contributed by atoms with van der Waals surface area (Å²) >= 11 is 5.07. The molecule has 1 aliphatic carbocycles. The standard InChI is InChI=1S/C11H17BrN2OS2/c1-10(2,3)17(15)14-11(5-4-6-11)9-13-7-8(12)16-9/h7,14H,4-6H2,1-3H3. The quantitative estimate of drug-likeness (QED) is 0.919. The van der Waals surface area contributed by atoms with Crippen LogP contribution in [0.3, 0.4) is 0 Å². The molecular weight excluding hydrogens is 320 g/mol. The SMILES string of the molecule is CC(C)(C)S(=O)NC1(c2ncc(Br)s2)CCC1. The second-order valence-corrected chi connectivity index (χ2v) is 9.76. The average Bonchev–Trinajstić information content (AvgIpc) is 2.56. The van der Waals surface area contributed by atoms with Gasteiger partial charge in [-0.3, -0.25) is 0 Å². The number of nitrogens with zero attached hydrogens (tertiary/aromatic N) is 1.